The molecule has 1 amide bonds. The molecule has 0 aliphatic rings. The summed E-state index contributed by atoms with van der Waals surface area (Å²) in [5.74, 6) is -2.28. The molecule has 3 rings (SSSR count). The number of esters is 1. The summed E-state index contributed by atoms with van der Waals surface area (Å²) in [5.41, 5.74) is -2.36. The van der Waals surface area contributed by atoms with Gasteiger partial charge in [0.05, 0.1) is 16.8 Å². The van der Waals surface area contributed by atoms with Gasteiger partial charge < -0.3 is 9.84 Å². The van der Waals surface area contributed by atoms with Crippen LogP contribution in [0.1, 0.15) is 41.6 Å². The Morgan fingerprint density at radius 1 is 1.31 bits per heavy atom. The molecule has 0 spiro atoms. The van der Waals surface area contributed by atoms with Crippen LogP contribution in [0, 0.1) is 0 Å². The molecule has 0 aliphatic heterocycles. The van der Waals surface area contributed by atoms with E-state index in [1.54, 1.807) is 5.38 Å². The lowest BCUT2D eigenvalue weighted by Gasteiger charge is -2.19. The fourth-order valence-corrected chi connectivity index (χ4v) is 3.31. The Bertz CT molecular complexity index is 1080. The molecule has 0 saturated carbocycles. The average Bonchev–Trinajstić information content (AvgIpc) is 3.12. The topological polar surface area (TPSA) is 101 Å². The van der Waals surface area contributed by atoms with Crippen molar-refractivity contribution in [2.45, 2.75) is 26.1 Å². The fraction of sp³-hybridized carbons (Fsp3) is 0.222. The predicted molar refractivity (Wildman–Crippen MR) is 98.7 cm³/mol. The van der Waals surface area contributed by atoms with E-state index in [1.165, 1.54) is 19.2 Å². The molecule has 2 heterocycles. The van der Waals surface area contributed by atoms with Crippen LogP contribution >= 0.6 is 11.3 Å². The van der Waals surface area contributed by atoms with Crippen LogP contribution in [0.15, 0.2) is 29.8 Å². The maximum Gasteiger partial charge on any atom is 0.418 e. The lowest BCUT2D eigenvalue weighted by atomic mass is 10.0. The van der Waals surface area contributed by atoms with E-state index in [1.807, 2.05) is 0 Å². The number of alkyl halides is 3. The van der Waals surface area contributed by atoms with Gasteiger partial charge in [-0.3, -0.25) is 14.9 Å². The fourth-order valence-electron chi connectivity index (χ4n) is 2.78. The van der Waals surface area contributed by atoms with E-state index in [9.17, 15) is 27.9 Å². The second kappa shape index (κ2) is 7.66. The van der Waals surface area contributed by atoms with E-state index in [2.05, 4.69) is 15.3 Å². The van der Waals surface area contributed by atoms with Crippen LogP contribution in [0.2, 0.25) is 0 Å². The Hall–Kier alpha value is -3.21. The number of aromatic hydroxyl groups is 1. The number of amides is 1. The first-order chi connectivity index (χ1) is 13.6. The van der Waals surface area contributed by atoms with Crippen molar-refractivity contribution >= 4 is 39.2 Å². The zero-order valence-corrected chi connectivity index (χ0v) is 15.9. The molecular formula is C18H14F3N3O4S. The summed E-state index contributed by atoms with van der Waals surface area (Å²) in [6.45, 7) is 2.44. The van der Waals surface area contributed by atoms with Crippen molar-refractivity contribution in [1.82, 2.24) is 9.97 Å². The minimum Gasteiger partial charge on any atom is -0.506 e. The highest BCUT2D eigenvalue weighted by atomic mass is 32.1. The first kappa shape index (κ1) is 20.5. The third kappa shape index (κ3) is 4.14. The SMILES string of the molecule is CC(=O)OC(C)c1nc2c(C(F)(F)F)cccc2c(O)c1C(=O)Nc1nccs1. The number of carbonyl (C=O) groups excluding carboxylic acids is 2. The number of nitrogens with zero attached hydrogens (tertiary/aromatic N) is 2. The molecule has 29 heavy (non-hydrogen) atoms. The van der Waals surface area contributed by atoms with Gasteiger partial charge in [-0.25, -0.2) is 9.97 Å². The first-order valence-corrected chi connectivity index (χ1v) is 9.08. The number of ether oxygens (including phenoxy) is 1. The minimum atomic E-state index is -4.74. The molecule has 2 aromatic heterocycles. The van der Waals surface area contributed by atoms with E-state index in [4.69, 9.17) is 4.74 Å². The largest absolute Gasteiger partial charge is 0.506 e. The van der Waals surface area contributed by atoms with Gasteiger partial charge in [0, 0.05) is 23.9 Å². The number of hydrogen-bond donors (Lipinski definition) is 2. The van der Waals surface area contributed by atoms with Crippen molar-refractivity contribution in [1.29, 1.82) is 0 Å². The second-order valence-electron chi connectivity index (χ2n) is 5.96. The molecule has 0 fully saturated rings. The van der Waals surface area contributed by atoms with E-state index in [0.717, 1.165) is 30.4 Å². The van der Waals surface area contributed by atoms with Crippen LogP contribution in [0.3, 0.4) is 0 Å². The predicted octanol–water partition coefficient (Wildman–Crippen LogP) is 4.29. The maximum absolute atomic E-state index is 13.4. The van der Waals surface area contributed by atoms with Gasteiger partial charge in [-0.2, -0.15) is 13.2 Å². The quantitative estimate of drug-likeness (QED) is 0.605. The summed E-state index contributed by atoms with van der Waals surface area (Å²) in [5, 5.41) is 14.7. The highest BCUT2D eigenvalue weighted by Gasteiger charge is 2.35. The molecule has 11 heteroatoms. The normalized spacial score (nSPS) is 12.6. The van der Waals surface area contributed by atoms with E-state index in [-0.39, 0.29) is 16.2 Å². The molecule has 152 valence electrons. The number of benzene rings is 1. The number of para-hydroxylation sites is 1. The lowest BCUT2D eigenvalue weighted by molar-refractivity contribution is -0.146. The Morgan fingerprint density at radius 3 is 2.62 bits per heavy atom. The van der Waals surface area contributed by atoms with Gasteiger partial charge in [-0.15, -0.1) is 11.3 Å². The number of pyridine rings is 1. The smallest absolute Gasteiger partial charge is 0.418 e. The molecule has 7 nitrogen and oxygen atoms in total. The maximum atomic E-state index is 13.4. The van der Waals surface area contributed by atoms with Crippen LogP contribution in [0.5, 0.6) is 5.75 Å². The van der Waals surface area contributed by atoms with Crippen LogP contribution < -0.4 is 5.32 Å². The summed E-state index contributed by atoms with van der Waals surface area (Å²) in [6, 6.07) is 3.13. The van der Waals surface area contributed by atoms with Gasteiger partial charge >= 0.3 is 12.1 Å². The summed E-state index contributed by atoms with van der Waals surface area (Å²) in [4.78, 5) is 32.0. The molecule has 2 N–H and O–H groups in total. The highest BCUT2D eigenvalue weighted by Crippen LogP contribution is 2.40. The van der Waals surface area contributed by atoms with Crippen LogP contribution in [0.25, 0.3) is 10.9 Å². The van der Waals surface area contributed by atoms with Gasteiger partial charge in [0.25, 0.3) is 5.91 Å². The number of hydrogen-bond acceptors (Lipinski definition) is 7. The number of aromatic nitrogens is 2. The Balaban J connectivity index is 2.26. The second-order valence-corrected chi connectivity index (χ2v) is 6.86. The summed E-state index contributed by atoms with van der Waals surface area (Å²) < 4.78 is 45.2. The van der Waals surface area contributed by atoms with Crippen LogP contribution in [-0.2, 0) is 15.7 Å². The van der Waals surface area contributed by atoms with E-state index < -0.39 is 46.5 Å². The molecule has 1 aromatic carbocycles. The van der Waals surface area contributed by atoms with Crippen molar-refractivity contribution in [3.05, 3.63) is 46.6 Å². The zero-order chi connectivity index (χ0) is 21.3. The standard InChI is InChI=1S/C18H14F3N3O4S/c1-8(28-9(2)25)13-12(16(27)24-17-22-6-7-29-17)15(26)10-4-3-5-11(14(10)23-13)18(19,20)21/h3-8H,1-2H3,(H,23,26)(H,22,24,27). The average molecular weight is 425 g/mol. The van der Waals surface area contributed by atoms with Crippen molar-refractivity contribution < 1.29 is 32.6 Å². The minimum absolute atomic E-state index is 0.213. The Kier molecular flexibility index (Phi) is 5.42. The van der Waals surface area contributed by atoms with Gasteiger partial charge in [0.2, 0.25) is 0 Å². The molecule has 1 unspecified atom stereocenters. The molecule has 0 saturated heterocycles. The van der Waals surface area contributed by atoms with Gasteiger partial charge in [0.15, 0.2) is 5.13 Å². The first-order valence-electron chi connectivity index (χ1n) is 8.20. The molecular weight excluding hydrogens is 411 g/mol. The van der Waals surface area contributed by atoms with Crippen molar-refractivity contribution in [2.24, 2.45) is 0 Å². The van der Waals surface area contributed by atoms with Crippen LogP contribution in [0.4, 0.5) is 18.3 Å². The number of nitrogens with one attached hydrogen (secondary N) is 1. The monoisotopic (exact) mass is 425 g/mol. The third-order valence-corrected chi connectivity index (χ3v) is 4.62. The van der Waals surface area contributed by atoms with Gasteiger partial charge in [-0.1, -0.05) is 6.07 Å². The Labute approximate surface area is 166 Å². The number of anilines is 1. The molecule has 3 aromatic rings. The summed E-state index contributed by atoms with van der Waals surface area (Å²) in [7, 11) is 0. The van der Waals surface area contributed by atoms with Crippen molar-refractivity contribution in [3.8, 4) is 5.75 Å². The lowest BCUT2D eigenvalue weighted by Crippen LogP contribution is -2.19. The summed E-state index contributed by atoms with van der Waals surface area (Å²) >= 11 is 1.11. The number of carbonyl (C=O) groups is 2. The number of halogens is 3. The molecule has 0 aliphatic carbocycles. The number of thiazole rings is 1. The highest BCUT2D eigenvalue weighted by molar-refractivity contribution is 7.13. The van der Waals surface area contributed by atoms with E-state index >= 15 is 0 Å². The number of rotatable bonds is 4. The summed E-state index contributed by atoms with van der Waals surface area (Å²) in [6.07, 6.45) is -4.50. The van der Waals surface area contributed by atoms with Gasteiger partial charge in [0.1, 0.15) is 17.4 Å². The molecule has 1 atom stereocenters. The van der Waals surface area contributed by atoms with Crippen LogP contribution in [-0.4, -0.2) is 27.0 Å². The van der Waals surface area contributed by atoms with E-state index in [0.29, 0.717) is 0 Å². The van der Waals surface area contributed by atoms with Crippen molar-refractivity contribution in [2.75, 3.05) is 5.32 Å². The third-order valence-electron chi connectivity index (χ3n) is 3.93. The Morgan fingerprint density at radius 2 is 2.03 bits per heavy atom. The van der Waals surface area contributed by atoms with Gasteiger partial charge in [-0.05, 0) is 19.1 Å². The molecule has 0 bridgehead atoms. The zero-order valence-electron chi connectivity index (χ0n) is 15.1. The van der Waals surface area contributed by atoms with Crippen molar-refractivity contribution in [3.63, 3.8) is 0 Å². The number of fused-ring (bicyclic) bond motifs is 1. The molecule has 0 radical (unpaired) electrons.